The van der Waals surface area contributed by atoms with Crippen LogP contribution in [0.25, 0.3) is 22.2 Å². The molecule has 0 unspecified atom stereocenters. The molecule has 1 N–H and O–H groups in total. The number of aryl methyl sites for hydroxylation is 2. The molecule has 0 bridgehead atoms. The van der Waals surface area contributed by atoms with E-state index in [1.54, 1.807) is 0 Å². The maximum absolute atomic E-state index is 12.9. The number of aromatic nitrogens is 1. The van der Waals surface area contributed by atoms with E-state index in [0.29, 0.717) is 6.42 Å². The van der Waals surface area contributed by atoms with Gasteiger partial charge in [-0.1, -0.05) is 75.4 Å². The van der Waals surface area contributed by atoms with Crippen molar-refractivity contribution >= 4 is 16.7 Å². The van der Waals surface area contributed by atoms with E-state index < -0.39 is 0 Å². The van der Waals surface area contributed by atoms with Gasteiger partial charge >= 0.3 is 0 Å². The number of nitrogens with one attached hydrogen (secondary N) is 1. The van der Waals surface area contributed by atoms with Gasteiger partial charge in [-0.3, -0.25) is 4.79 Å². The zero-order valence-corrected chi connectivity index (χ0v) is 18.5. The SMILES string of the molecule is Cc1cccc(C)c1-c1cc2ccc(C(=O)Cc3ccc(C(C)(C)C)cc3)cc2[nH]1. The summed E-state index contributed by atoms with van der Waals surface area (Å²) in [7, 11) is 0. The van der Waals surface area contributed by atoms with E-state index >= 15 is 0 Å². The molecule has 4 aromatic rings. The molecular formula is C28H29NO. The molecule has 1 heterocycles. The summed E-state index contributed by atoms with van der Waals surface area (Å²) in [5.41, 5.74) is 9.03. The van der Waals surface area contributed by atoms with Gasteiger partial charge in [-0.2, -0.15) is 0 Å². The molecule has 0 spiro atoms. The van der Waals surface area contributed by atoms with Gasteiger partial charge in [0.15, 0.2) is 5.78 Å². The predicted molar refractivity (Wildman–Crippen MR) is 126 cm³/mol. The molecule has 152 valence electrons. The number of fused-ring (bicyclic) bond motifs is 1. The maximum Gasteiger partial charge on any atom is 0.167 e. The number of carbonyl (C=O) groups is 1. The van der Waals surface area contributed by atoms with Crippen LogP contribution in [0.4, 0.5) is 0 Å². The largest absolute Gasteiger partial charge is 0.354 e. The fraction of sp³-hybridized carbons (Fsp3) is 0.250. The molecule has 0 amide bonds. The highest BCUT2D eigenvalue weighted by atomic mass is 16.1. The minimum Gasteiger partial charge on any atom is -0.354 e. The van der Waals surface area contributed by atoms with E-state index in [4.69, 9.17) is 0 Å². The molecule has 4 rings (SSSR count). The Labute approximate surface area is 179 Å². The number of rotatable bonds is 4. The van der Waals surface area contributed by atoms with Crippen LogP contribution in [-0.2, 0) is 11.8 Å². The van der Waals surface area contributed by atoms with Crippen molar-refractivity contribution in [1.29, 1.82) is 0 Å². The second-order valence-corrected chi connectivity index (χ2v) is 9.30. The molecule has 0 fully saturated rings. The van der Waals surface area contributed by atoms with Crippen molar-refractivity contribution in [3.8, 4) is 11.3 Å². The molecule has 0 saturated carbocycles. The van der Waals surface area contributed by atoms with E-state index in [2.05, 4.69) is 88.1 Å². The Balaban J connectivity index is 1.60. The van der Waals surface area contributed by atoms with Gasteiger partial charge in [-0.25, -0.2) is 0 Å². The summed E-state index contributed by atoms with van der Waals surface area (Å²) in [5, 5.41) is 1.12. The number of Topliss-reactive ketones (excluding diaryl/α,β-unsaturated/α-hetero) is 1. The monoisotopic (exact) mass is 395 g/mol. The van der Waals surface area contributed by atoms with Crippen LogP contribution < -0.4 is 0 Å². The number of hydrogen-bond donors (Lipinski definition) is 1. The van der Waals surface area contributed by atoms with Crippen LogP contribution in [-0.4, -0.2) is 10.8 Å². The van der Waals surface area contributed by atoms with Crippen LogP contribution in [0.1, 0.15) is 53.4 Å². The third-order valence-corrected chi connectivity index (χ3v) is 5.88. The highest BCUT2D eigenvalue weighted by Gasteiger charge is 2.15. The Morgan fingerprint density at radius 3 is 2.17 bits per heavy atom. The summed E-state index contributed by atoms with van der Waals surface area (Å²) >= 11 is 0. The number of H-pyrrole nitrogens is 1. The van der Waals surface area contributed by atoms with Crippen molar-refractivity contribution in [2.75, 3.05) is 0 Å². The molecule has 0 saturated heterocycles. The Morgan fingerprint density at radius 2 is 1.53 bits per heavy atom. The number of aromatic amines is 1. The van der Waals surface area contributed by atoms with E-state index in [1.807, 2.05) is 18.2 Å². The molecule has 2 nitrogen and oxygen atoms in total. The fourth-order valence-corrected chi connectivity index (χ4v) is 4.08. The minimum absolute atomic E-state index is 0.119. The summed E-state index contributed by atoms with van der Waals surface area (Å²) < 4.78 is 0. The Kier molecular flexibility index (Phi) is 5.11. The number of ketones is 1. The topological polar surface area (TPSA) is 32.9 Å². The minimum atomic E-state index is 0.119. The maximum atomic E-state index is 12.9. The summed E-state index contributed by atoms with van der Waals surface area (Å²) in [6.45, 7) is 10.9. The molecule has 2 heteroatoms. The summed E-state index contributed by atoms with van der Waals surface area (Å²) in [5.74, 6) is 0.142. The molecule has 0 aliphatic rings. The molecule has 3 aromatic carbocycles. The molecule has 0 atom stereocenters. The normalized spacial score (nSPS) is 11.8. The van der Waals surface area contributed by atoms with E-state index in [9.17, 15) is 4.79 Å². The Hall–Kier alpha value is -3.13. The molecule has 30 heavy (non-hydrogen) atoms. The number of carbonyl (C=O) groups excluding carboxylic acids is 1. The van der Waals surface area contributed by atoms with E-state index in [1.165, 1.54) is 22.3 Å². The highest BCUT2D eigenvalue weighted by molar-refractivity contribution is 6.01. The molecule has 0 radical (unpaired) electrons. The third kappa shape index (κ3) is 3.95. The first-order valence-electron chi connectivity index (χ1n) is 10.5. The summed E-state index contributed by atoms with van der Waals surface area (Å²) in [6.07, 6.45) is 0.417. The van der Waals surface area contributed by atoms with Crippen LogP contribution in [0.5, 0.6) is 0 Å². The lowest BCUT2D eigenvalue weighted by Gasteiger charge is -2.19. The van der Waals surface area contributed by atoms with Crippen molar-refractivity contribution in [2.24, 2.45) is 0 Å². The number of hydrogen-bond acceptors (Lipinski definition) is 1. The van der Waals surface area contributed by atoms with Gasteiger partial charge in [-0.05, 0) is 53.6 Å². The lowest BCUT2D eigenvalue weighted by Crippen LogP contribution is -2.11. The van der Waals surface area contributed by atoms with Gasteiger partial charge in [0.2, 0.25) is 0 Å². The molecular weight excluding hydrogens is 366 g/mol. The van der Waals surface area contributed by atoms with Gasteiger partial charge in [0, 0.05) is 34.1 Å². The standard InChI is InChI=1S/C28H29NO/c1-18-7-6-8-19(2)27(18)25-16-21-11-12-22(17-24(21)29-25)26(30)15-20-9-13-23(14-10-20)28(3,4)5/h6-14,16-17,29H,15H2,1-5H3. The van der Waals surface area contributed by atoms with E-state index in [-0.39, 0.29) is 11.2 Å². The van der Waals surface area contributed by atoms with Gasteiger partial charge in [0.25, 0.3) is 0 Å². The number of benzene rings is 3. The van der Waals surface area contributed by atoms with Gasteiger partial charge in [0.1, 0.15) is 0 Å². The van der Waals surface area contributed by atoms with Crippen LogP contribution in [0, 0.1) is 13.8 Å². The zero-order chi connectivity index (χ0) is 21.5. The zero-order valence-electron chi connectivity index (χ0n) is 18.5. The fourth-order valence-electron chi connectivity index (χ4n) is 4.08. The van der Waals surface area contributed by atoms with Crippen LogP contribution in [0.3, 0.4) is 0 Å². The Bertz CT molecular complexity index is 1200. The van der Waals surface area contributed by atoms with Crippen molar-refractivity contribution in [3.05, 3.63) is 94.5 Å². The molecule has 0 aliphatic carbocycles. The van der Waals surface area contributed by atoms with Crippen LogP contribution in [0.15, 0.2) is 66.7 Å². The van der Waals surface area contributed by atoms with Gasteiger partial charge in [-0.15, -0.1) is 0 Å². The quantitative estimate of drug-likeness (QED) is 0.365. The van der Waals surface area contributed by atoms with Gasteiger partial charge < -0.3 is 4.98 Å². The lowest BCUT2D eigenvalue weighted by molar-refractivity contribution is 0.0993. The molecule has 1 aromatic heterocycles. The summed E-state index contributed by atoms with van der Waals surface area (Å²) in [6, 6.07) is 22.9. The van der Waals surface area contributed by atoms with E-state index in [0.717, 1.165) is 27.7 Å². The van der Waals surface area contributed by atoms with Crippen molar-refractivity contribution in [3.63, 3.8) is 0 Å². The summed E-state index contributed by atoms with van der Waals surface area (Å²) in [4.78, 5) is 16.4. The van der Waals surface area contributed by atoms with Crippen molar-refractivity contribution < 1.29 is 4.79 Å². The first kappa shape index (κ1) is 20.2. The Morgan fingerprint density at radius 1 is 0.867 bits per heavy atom. The van der Waals surface area contributed by atoms with Crippen LogP contribution in [0.2, 0.25) is 0 Å². The third-order valence-electron chi connectivity index (χ3n) is 5.88. The van der Waals surface area contributed by atoms with Gasteiger partial charge in [0.05, 0.1) is 0 Å². The molecule has 0 aliphatic heterocycles. The second-order valence-electron chi connectivity index (χ2n) is 9.30. The first-order chi connectivity index (χ1) is 14.2. The smallest absolute Gasteiger partial charge is 0.167 e. The van der Waals surface area contributed by atoms with Crippen molar-refractivity contribution in [2.45, 2.75) is 46.5 Å². The average Bonchev–Trinajstić information content (AvgIpc) is 3.10. The van der Waals surface area contributed by atoms with Crippen LogP contribution >= 0.6 is 0 Å². The average molecular weight is 396 g/mol. The predicted octanol–water partition coefficient (Wildman–Crippen LogP) is 7.17. The lowest BCUT2D eigenvalue weighted by atomic mass is 9.86. The highest BCUT2D eigenvalue weighted by Crippen LogP contribution is 2.30. The second kappa shape index (κ2) is 7.60. The van der Waals surface area contributed by atoms with Crippen molar-refractivity contribution in [1.82, 2.24) is 4.98 Å². The first-order valence-corrected chi connectivity index (χ1v) is 10.5.